The second kappa shape index (κ2) is 8.49. The molecule has 2 atom stereocenters. The van der Waals surface area contributed by atoms with Gasteiger partial charge in [-0.2, -0.15) is 13.2 Å². The zero-order valence-electron chi connectivity index (χ0n) is 16.6. The smallest absolute Gasteiger partial charge is 0.369 e. The molecule has 1 saturated heterocycles. The summed E-state index contributed by atoms with van der Waals surface area (Å²) >= 11 is 0. The van der Waals surface area contributed by atoms with E-state index in [1.165, 1.54) is 6.07 Å². The summed E-state index contributed by atoms with van der Waals surface area (Å²) in [5.41, 5.74) is 0.659. The number of alkyl halides is 3. The van der Waals surface area contributed by atoms with Crippen molar-refractivity contribution in [3.05, 3.63) is 29.3 Å². The van der Waals surface area contributed by atoms with Crippen LogP contribution in [0.15, 0.2) is 18.2 Å². The number of hydrogen-bond acceptors (Lipinski definition) is 3. The van der Waals surface area contributed by atoms with Crippen LogP contribution in [0.1, 0.15) is 51.8 Å². The Kier molecular flexibility index (Phi) is 6.97. The molecular weight excluding hydrogens is 375 g/mol. The molecule has 2 N–H and O–H groups in total. The number of rotatable bonds is 5. The lowest BCUT2D eigenvalue weighted by Gasteiger charge is -2.35. The minimum absolute atomic E-state index is 0.0264. The Hall–Kier alpha value is -1.12. The van der Waals surface area contributed by atoms with Crippen molar-refractivity contribution in [3.63, 3.8) is 0 Å². The van der Waals surface area contributed by atoms with Crippen LogP contribution in [0.2, 0.25) is 0 Å². The Bertz CT molecular complexity index is 665. The van der Waals surface area contributed by atoms with E-state index in [0.717, 1.165) is 37.9 Å². The van der Waals surface area contributed by atoms with E-state index in [1.807, 2.05) is 34.6 Å². The highest BCUT2D eigenvalue weighted by molar-refractivity contribution is 7.84. The summed E-state index contributed by atoms with van der Waals surface area (Å²) in [5, 5.41) is 3.26. The topological polar surface area (TPSA) is 44.4 Å². The molecule has 1 aromatic rings. The van der Waals surface area contributed by atoms with Crippen molar-refractivity contribution in [2.45, 2.75) is 51.6 Å². The molecule has 1 aliphatic heterocycles. The summed E-state index contributed by atoms with van der Waals surface area (Å²) in [6, 6.07) is 3.46. The fourth-order valence-electron chi connectivity index (χ4n) is 3.02. The summed E-state index contributed by atoms with van der Waals surface area (Å²) in [7, 11) is -1.39. The third-order valence-electron chi connectivity index (χ3n) is 4.60. The van der Waals surface area contributed by atoms with Crippen LogP contribution < -0.4 is 14.9 Å². The number of piperazine rings is 1. The molecule has 0 bridgehead atoms. The largest absolute Gasteiger partial charge is 0.416 e. The zero-order valence-corrected chi connectivity index (χ0v) is 17.4. The lowest BCUT2D eigenvalue weighted by atomic mass is 9.93. The third-order valence-corrected chi connectivity index (χ3v) is 6.18. The first-order chi connectivity index (χ1) is 12.4. The van der Waals surface area contributed by atoms with Crippen molar-refractivity contribution in [2.24, 2.45) is 5.92 Å². The van der Waals surface area contributed by atoms with Gasteiger partial charge < -0.3 is 10.2 Å². The molecule has 0 radical (unpaired) electrons. The van der Waals surface area contributed by atoms with Crippen LogP contribution in [0.25, 0.3) is 0 Å². The van der Waals surface area contributed by atoms with Gasteiger partial charge in [0.05, 0.1) is 21.3 Å². The predicted octanol–water partition coefficient (Wildman–Crippen LogP) is 3.86. The van der Waals surface area contributed by atoms with Crippen molar-refractivity contribution >= 4 is 16.7 Å². The summed E-state index contributed by atoms with van der Waals surface area (Å²) in [5.74, 6) is -0.0264. The summed E-state index contributed by atoms with van der Waals surface area (Å²) in [4.78, 5) is 2.10. The van der Waals surface area contributed by atoms with Gasteiger partial charge in [0.1, 0.15) is 0 Å². The molecule has 0 unspecified atom stereocenters. The van der Waals surface area contributed by atoms with Crippen LogP contribution >= 0.6 is 0 Å². The third kappa shape index (κ3) is 5.68. The monoisotopic (exact) mass is 405 g/mol. The summed E-state index contributed by atoms with van der Waals surface area (Å²) in [6.45, 7) is 12.4. The standard InChI is InChI=1S/C19H30F3N3OS/c1-13(2)17(24-27(26)18(3,4)5)15-12-14(19(20,21)22)6-7-16(15)25-10-8-23-9-11-25/h6-7,12-13,17,23-24H,8-11H2,1-5H3/t17-,27-/m0/s1. The molecule has 1 heterocycles. The molecule has 0 spiro atoms. The number of nitrogens with zero attached hydrogens (tertiary/aromatic N) is 1. The van der Waals surface area contributed by atoms with Gasteiger partial charge in [-0.25, -0.2) is 8.93 Å². The van der Waals surface area contributed by atoms with Gasteiger partial charge in [0.25, 0.3) is 0 Å². The normalized spacial score (nSPS) is 18.6. The molecule has 8 heteroatoms. The second-order valence-corrected chi connectivity index (χ2v) is 10.2. The molecule has 1 aromatic carbocycles. The van der Waals surface area contributed by atoms with Crippen LogP contribution in [0.5, 0.6) is 0 Å². The SMILES string of the molecule is CC(C)[C@H](N[S@@](=O)C(C)(C)C)c1cc(C(F)(F)F)ccc1N1CCNCC1. The zero-order chi connectivity index (χ0) is 20.4. The Balaban J connectivity index is 2.51. The molecule has 0 aromatic heterocycles. The molecule has 1 fully saturated rings. The van der Waals surface area contributed by atoms with E-state index in [-0.39, 0.29) is 5.92 Å². The van der Waals surface area contributed by atoms with Crippen LogP contribution in [-0.2, 0) is 17.2 Å². The average molecular weight is 406 g/mol. The highest BCUT2D eigenvalue weighted by Gasteiger charge is 2.34. The maximum atomic E-state index is 13.4. The minimum Gasteiger partial charge on any atom is -0.369 e. The second-order valence-electron chi connectivity index (χ2n) is 8.23. The molecule has 0 saturated carbocycles. The molecule has 0 amide bonds. The highest BCUT2D eigenvalue weighted by atomic mass is 32.2. The maximum Gasteiger partial charge on any atom is 0.416 e. The Morgan fingerprint density at radius 1 is 1.15 bits per heavy atom. The van der Waals surface area contributed by atoms with E-state index in [0.29, 0.717) is 5.56 Å². The van der Waals surface area contributed by atoms with Crippen LogP contribution in [0, 0.1) is 5.92 Å². The number of nitrogens with one attached hydrogen (secondary N) is 2. The fraction of sp³-hybridized carbons (Fsp3) is 0.684. The van der Waals surface area contributed by atoms with Crippen molar-refractivity contribution in [3.8, 4) is 0 Å². The molecule has 27 heavy (non-hydrogen) atoms. The first-order valence-corrected chi connectivity index (χ1v) is 10.4. The summed E-state index contributed by atoms with van der Waals surface area (Å²) in [6.07, 6.45) is -4.42. The molecule has 154 valence electrons. The fourth-order valence-corrected chi connectivity index (χ4v) is 4.01. The first-order valence-electron chi connectivity index (χ1n) is 9.26. The predicted molar refractivity (Wildman–Crippen MR) is 105 cm³/mol. The van der Waals surface area contributed by atoms with Crippen LogP contribution in [0.4, 0.5) is 18.9 Å². The van der Waals surface area contributed by atoms with Gasteiger partial charge in [0.15, 0.2) is 0 Å². The Morgan fingerprint density at radius 2 is 1.74 bits per heavy atom. The highest BCUT2D eigenvalue weighted by Crippen LogP contribution is 2.38. The number of hydrogen-bond donors (Lipinski definition) is 2. The van der Waals surface area contributed by atoms with Crippen molar-refractivity contribution in [1.29, 1.82) is 0 Å². The van der Waals surface area contributed by atoms with Crippen molar-refractivity contribution in [2.75, 3.05) is 31.1 Å². The molecule has 4 nitrogen and oxygen atoms in total. The quantitative estimate of drug-likeness (QED) is 0.782. The number of benzene rings is 1. The van der Waals surface area contributed by atoms with Crippen molar-refractivity contribution in [1.82, 2.24) is 10.0 Å². The van der Waals surface area contributed by atoms with Crippen LogP contribution in [0.3, 0.4) is 0 Å². The van der Waals surface area contributed by atoms with Gasteiger partial charge in [0, 0.05) is 37.9 Å². The van der Waals surface area contributed by atoms with E-state index in [4.69, 9.17) is 0 Å². The lowest BCUT2D eigenvalue weighted by molar-refractivity contribution is -0.137. The first kappa shape index (κ1) is 22.2. The lowest BCUT2D eigenvalue weighted by Crippen LogP contribution is -2.44. The van der Waals surface area contributed by atoms with E-state index in [2.05, 4.69) is 14.9 Å². The minimum atomic E-state index is -4.42. The average Bonchev–Trinajstić information content (AvgIpc) is 2.57. The Morgan fingerprint density at radius 3 is 2.22 bits per heavy atom. The van der Waals surface area contributed by atoms with Gasteiger partial charge in [-0.1, -0.05) is 13.8 Å². The van der Waals surface area contributed by atoms with E-state index in [1.54, 1.807) is 6.07 Å². The Labute approximate surface area is 162 Å². The van der Waals surface area contributed by atoms with Gasteiger partial charge in [0.2, 0.25) is 0 Å². The van der Waals surface area contributed by atoms with Gasteiger partial charge in [-0.3, -0.25) is 0 Å². The van der Waals surface area contributed by atoms with Gasteiger partial charge in [-0.15, -0.1) is 0 Å². The molecule has 2 rings (SSSR count). The van der Waals surface area contributed by atoms with E-state index >= 15 is 0 Å². The molecule has 0 aliphatic carbocycles. The number of anilines is 1. The van der Waals surface area contributed by atoms with Crippen molar-refractivity contribution < 1.29 is 17.4 Å². The maximum absolute atomic E-state index is 13.4. The summed E-state index contributed by atoms with van der Waals surface area (Å²) < 4.78 is 55.3. The van der Waals surface area contributed by atoms with Crippen LogP contribution in [-0.4, -0.2) is 35.1 Å². The van der Waals surface area contributed by atoms with Gasteiger partial charge in [-0.05, 0) is 50.5 Å². The molecular formula is C19H30F3N3OS. The van der Waals surface area contributed by atoms with E-state index in [9.17, 15) is 17.4 Å². The number of halogens is 3. The van der Waals surface area contributed by atoms with Gasteiger partial charge >= 0.3 is 6.18 Å². The molecule has 1 aliphatic rings. The van der Waals surface area contributed by atoms with E-state index < -0.39 is 33.5 Å².